The monoisotopic (exact) mass is 220 g/mol. The van der Waals surface area contributed by atoms with Gasteiger partial charge in [0.25, 0.3) is 0 Å². The molecule has 0 aliphatic heterocycles. The van der Waals surface area contributed by atoms with E-state index in [1.165, 1.54) is 0 Å². The van der Waals surface area contributed by atoms with E-state index in [1.807, 2.05) is 6.07 Å². The van der Waals surface area contributed by atoms with Crippen molar-refractivity contribution in [1.29, 1.82) is 5.26 Å². The second-order valence-electron chi connectivity index (χ2n) is 3.57. The van der Waals surface area contributed by atoms with Crippen molar-refractivity contribution < 1.29 is 4.79 Å². The van der Waals surface area contributed by atoms with E-state index in [4.69, 9.17) is 16.9 Å². The van der Waals surface area contributed by atoms with Crippen LogP contribution in [0.25, 0.3) is 0 Å². The van der Waals surface area contributed by atoms with Crippen LogP contribution in [0.5, 0.6) is 0 Å². The van der Waals surface area contributed by atoms with E-state index in [0.717, 1.165) is 12.8 Å². The van der Waals surface area contributed by atoms with Gasteiger partial charge in [-0.1, -0.05) is 11.6 Å². The molecule has 4 heteroatoms. The fraction of sp³-hybridized carbons (Fsp3) is 0.273. The average Bonchev–Trinajstić information content (AvgIpc) is 3.04. The number of nitrogens with one attached hydrogen (secondary N) is 1. The third kappa shape index (κ3) is 2.28. The summed E-state index contributed by atoms with van der Waals surface area (Å²) in [6.45, 7) is 0. The molecule has 1 saturated carbocycles. The van der Waals surface area contributed by atoms with E-state index in [0.29, 0.717) is 16.3 Å². The molecule has 1 aliphatic rings. The quantitative estimate of drug-likeness (QED) is 0.833. The number of hydrogen-bond donors (Lipinski definition) is 1. The predicted octanol–water partition coefficient (Wildman–Crippen LogP) is 2.56. The highest BCUT2D eigenvalue weighted by Gasteiger charge is 2.29. The van der Waals surface area contributed by atoms with E-state index in [2.05, 4.69) is 5.32 Å². The maximum Gasteiger partial charge on any atom is 0.227 e. The fourth-order valence-corrected chi connectivity index (χ4v) is 1.44. The van der Waals surface area contributed by atoms with Crippen LogP contribution in [0.3, 0.4) is 0 Å². The van der Waals surface area contributed by atoms with Gasteiger partial charge in [0.1, 0.15) is 0 Å². The molecule has 0 aromatic heterocycles. The molecule has 76 valence electrons. The van der Waals surface area contributed by atoms with Crippen LogP contribution < -0.4 is 5.32 Å². The standard InChI is InChI=1S/C11H9ClN2O/c12-9-4-1-7(6-13)5-10(9)14-11(15)8-2-3-8/h1,4-5,8H,2-3H2,(H,14,15). The summed E-state index contributed by atoms with van der Waals surface area (Å²) in [6, 6.07) is 6.82. The second-order valence-corrected chi connectivity index (χ2v) is 3.98. The number of rotatable bonds is 2. The first kappa shape index (κ1) is 10.0. The number of anilines is 1. The van der Waals surface area contributed by atoms with Crippen LogP contribution in [0, 0.1) is 17.2 Å². The molecule has 0 saturated heterocycles. The van der Waals surface area contributed by atoms with Crippen molar-refractivity contribution in [2.24, 2.45) is 5.92 Å². The lowest BCUT2D eigenvalue weighted by atomic mass is 10.2. The first-order valence-corrected chi connectivity index (χ1v) is 5.09. The second kappa shape index (κ2) is 3.92. The number of hydrogen-bond acceptors (Lipinski definition) is 2. The summed E-state index contributed by atoms with van der Waals surface area (Å²) in [5, 5.41) is 11.9. The third-order valence-corrected chi connectivity index (χ3v) is 2.63. The number of amides is 1. The number of carbonyl (C=O) groups excluding carboxylic acids is 1. The Morgan fingerprint density at radius 3 is 2.87 bits per heavy atom. The lowest BCUT2D eigenvalue weighted by Crippen LogP contribution is -2.13. The zero-order valence-corrected chi connectivity index (χ0v) is 8.71. The third-order valence-electron chi connectivity index (χ3n) is 2.30. The largest absolute Gasteiger partial charge is 0.324 e. The highest BCUT2D eigenvalue weighted by molar-refractivity contribution is 6.33. The van der Waals surface area contributed by atoms with Crippen LogP contribution >= 0.6 is 11.6 Å². The van der Waals surface area contributed by atoms with Crippen molar-refractivity contribution in [3.8, 4) is 6.07 Å². The molecule has 15 heavy (non-hydrogen) atoms. The summed E-state index contributed by atoms with van der Waals surface area (Å²) in [6.07, 6.45) is 1.89. The minimum absolute atomic E-state index is 0.00742. The summed E-state index contributed by atoms with van der Waals surface area (Å²) in [7, 11) is 0. The van der Waals surface area contributed by atoms with Gasteiger partial charge in [-0.15, -0.1) is 0 Å². The zero-order valence-electron chi connectivity index (χ0n) is 7.96. The Morgan fingerprint density at radius 1 is 1.53 bits per heavy atom. The van der Waals surface area contributed by atoms with Gasteiger partial charge in [-0.05, 0) is 31.0 Å². The van der Waals surface area contributed by atoms with Gasteiger partial charge in [-0.2, -0.15) is 5.26 Å². The van der Waals surface area contributed by atoms with Crippen LogP contribution in [0.15, 0.2) is 18.2 Å². The van der Waals surface area contributed by atoms with Gasteiger partial charge in [-0.3, -0.25) is 4.79 Å². The Morgan fingerprint density at radius 2 is 2.27 bits per heavy atom. The van der Waals surface area contributed by atoms with Crippen molar-refractivity contribution in [2.75, 3.05) is 5.32 Å². The first-order chi connectivity index (χ1) is 7.20. The van der Waals surface area contributed by atoms with Crippen molar-refractivity contribution >= 4 is 23.2 Å². The normalized spacial score (nSPS) is 14.4. The Kier molecular flexibility index (Phi) is 2.61. The predicted molar refractivity (Wildman–Crippen MR) is 57.5 cm³/mol. The molecule has 0 bridgehead atoms. The Balaban J connectivity index is 2.19. The molecule has 1 aromatic rings. The summed E-state index contributed by atoms with van der Waals surface area (Å²) in [4.78, 5) is 11.5. The molecule has 1 N–H and O–H groups in total. The van der Waals surface area contributed by atoms with Gasteiger partial charge < -0.3 is 5.32 Å². The molecule has 0 atom stereocenters. The highest BCUT2D eigenvalue weighted by atomic mass is 35.5. The molecular weight excluding hydrogens is 212 g/mol. The molecule has 0 heterocycles. The van der Waals surface area contributed by atoms with Crippen molar-refractivity contribution in [3.05, 3.63) is 28.8 Å². The molecular formula is C11H9ClN2O. The van der Waals surface area contributed by atoms with Crippen LogP contribution in [0.2, 0.25) is 5.02 Å². The Labute approximate surface area is 92.7 Å². The van der Waals surface area contributed by atoms with E-state index >= 15 is 0 Å². The lowest BCUT2D eigenvalue weighted by Gasteiger charge is -2.06. The van der Waals surface area contributed by atoms with Crippen LogP contribution in [0.4, 0.5) is 5.69 Å². The van der Waals surface area contributed by atoms with Gasteiger partial charge >= 0.3 is 0 Å². The van der Waals surface area contributed by atoms with Crippen molar-refractivity contribution in [2.45, 2.75) is 12.8 Å². The van der Waals surface area contributed by atoms with E-state index in [-0.39, 0.29) is 11.8 Å². The van der Waals surface area contributed by atoms with Gasteiger partial charge in [0.05, 0.1) is 22.3 Å². The van der Waals surface area contributed by atoms with Crippen LogP contribution in [-0.4, -0.2) is 5.91 Å². The molecule has 1 amide bonds. The molecule has 1 aliphatic carbocycles. The van der Waals surface area contributed by atoms with Crippen LogP contribution in [0.1, 0.15) is 18.4 Å². The molecule has 2 rings (SSSR count). The summed E-state index contributed by atoms with van der Waals surface area (Å²) in [5.41, 5.74) is 1.01. The summed E-state index contributed by atoms with van der Waals surface area (Å²) >= 11 is 5.90. The molecule has 0 spiro atoms. The average molecular weight is 221 g/mol. The lowest BCUT2D eigenvalue weighted by molar-refractivity contribution is -0.117. The maximum absolute atomic E-state index is 11.5. The van der Waals surface area contributed by atoms with E-state index < -0.39 is 0 Å². The molecule has 0 radical (unpaired) electrons. The van der Waals surface area contributed by atoms with Gasteiger partial charge in [0.15, 0.2) is 0 Å². The Hall–Kier alpha value is -1.53. The van der Waals surface area contributed by atoms with Crippen molar-refractivity contribution in [3.63, 3.8) is 0 Å². The summed E-state index contributed by atoms with van der Waals surface area (Å²) < 4.78 is 0. The maximum atomic E-state index is 11.5. The number of nitrogens with zero attached hydrogens (tertiary/aromatic N) is 1. The number of nitriles is 1. The molecule has 1 fully saturated rings. The smallest absolute Gasteiger partial charge is 0.227 e. The van der Waals surface area contributed by atoms with Gasteiger partial charge in [0.2, 0.25) is 5.91 Å². The van der Waals surface area contributed by atoms with E-state index in [9.17, 15) is 4.79 Å². The summed E-state index contributed by atoms with van der Waals surface area (Å²) in [5.74, 6) is 0.124. The van der Waals surface area contributed by atoms with Gasteiger partial charge in [-0.25, -0.2) is 0 Å². The fourth-order valence-electron chi connectivity index (χ4n) is 1.27. The highest BCUT2D eigenvalue weighted by Crippen LogP contribution is 2.31. The minimum atomic E-state index is -0.00742. The molecule has 0 unspecified atom stereocenters. The van der Waals surface area contributed by atoms with E-state index in [1.54, 1.807) is 18.2 Å². The molecule has 3 nitrogen and oxygen atoms in total. The van der Waals surface area contributed by atoms with Gasteiger partial charge in [0, 0.05) is 5.92 Å². The first-order valence-electron chi connectivity index (χ1n) is 4.71. The minimum Gasteiger partial charge on any atom is -0.324 e. The topological polar surface area (TPSA) is 52.9 Å². The Bertz CT molecular complexity index is 446. The zero-order chi connectivity index (χ0) is 10.8. The SMILES string of the molecule is N#Cc1ccc(Cl)c(NC(=O)C2CC2)c1. The molecule has 1 aromatic carbocycles. The number of benzene rings is 1. The van der Waals surface area contributed by atoms with Crippen molar-refractivity contribution in [1.82, 2.24) is 0 Å². The van der Waals surface area contributed by atoms with Crippen LogP contribution in [-0.2, 0) is 4.79 Å². The number of carbonyl (C=O) groups is 1. The number of halogens is 1.